The quantitative estimate of drug-likeness (QED) is 0.332. The number of halogens is 1. The molecule has 2 rings (SSSR count). The van der Waals surface area contributed by atoms with Crippen LogP contribution in [-0.4, -0.2) is 23.9 Å². The van der Waals surface area contributed by atoms with Gasteiger partial charge in [0, 0.05) is 11.1 Å². The number of carbonyl (C=O) groups excluding carboxylic acids is 1. The van der Waals surface area contributed by atoms with Gasteiger partial charge in [0.2, 0.25) is 0 Å². The Bertz CT molecular complexity index is 732. The van der Waals surface area contributed by atoms with E-state index in [0.29, 0.717) is 11.3 Å². The average Bonchev–Trinajstić information content (AvgIpc) is 2.52. The Morgan fingerprint density at radius 1 is 1.13 bits per heavy atom. The lowest BCUT2D eigenvalue weighted by molar-refractivity contribution is -0.385. The minimum Gasteiger partial charge on any atom is -0.489 e. The van der Waals surface area contributed by atoms with Crippen molar-refractivity contribution < 1.29 is 19.2 Å². The Kier molecular flexibility index (Phi) is 5.54. The highest BCUT2D eigenvalue weighted by molar-refractivity contribution is 6.30. The molecule has 120 valence electrons. The van der Waals surface area contributed by atoms with Gasteiger partial charge >= 0.3 is 5.69 Å². The summed E-state index contributed by atoms with van der Waals surface area (Å²) >= 11 is 5.73. The van der Waals surface area contributed by atoms with E-state index in [1.807, 2.05) is 0 Å². The van der Waals surface area contributed by atoms with E-state index in [1.165, 1.54) is 25.1 Å². The fourth-order valence-electron chi connectivity index (χ4n) is 1.94. The summed E-state index contributed by atoms with van der Waals surface area (Å²) in [6.07, 6.45) is 0. The Morgan fingerprint density at radius 2 is 1.78 bits per heavy atom. The molecule has 0 unspecified atom stereocenters. The second-order valence-corrected chi connectivity index (χ2v) is 5.05. The molecule has 2 aromatic carbocycles. The van der Waals surface area contributed by atoms with Crippen LogP contribution >= 0.6 is 11.6 Å². The van der Waals surface area contributed by atoms with E-state index < -0.39 is 4.92 Å². The van der Waals surface area contributed by atoms with Crippen molar-refractivity contribution in [1.29, 1.82) is 0 Å². The smallest absolute Gasteiger partial charge is 0.312 e. The maximum Gasteiger partial charge on any atom is 0.312 e. The van der Waals surface area contributed by atoms with Crippen LogP contribution < -0.4 is 9.47 Å². The fourth-order valence-corrected chi connectivity index (χ4v) is 2.11. The van der Waals surface area contributed by atoms with Crippen LogP contribution in [0.5, 0.6) is 11.5 Å². The zero-order chi connectivity index (χ0) is 16.8. The number of nitrogens with zero attached hydrogens (tertiary/aromatic N) is 1. The molecule has 0 heterocycles. The largest absolute Gasteiger partial charge is 0.489 e. The maximum atomic E-state index is 11.5. The summed E-state index contributed by atoms with van der Waals surface area (Å²) in [5, 5.41) is 11.2. The first kappa shape index (κ1) is 16.8. The summed E-state index contributed by atoms with van der Waals surface area (Å²) in [7, 11) is 0. The van der Waals surface area contributed by atoms with Crippen LogP contribution in [0.15, 0.2) is 42.5 Å². The van der Waals surface area contributed by atoms with Gasteiger partial charge in [0.15, 0.2) is 11.5 Å². The lowest BCUT2D eigenvalue weighted by Crippen LogP contribution is -2.11. The number of hydrogen-bond donors (Lipinski definition) is 0. The van der Waals surface area contributed by atoms with E-state index in [2.05, 4.69) is 0 Å². The lowest BCUT2D eigenvalue weighted by atomic mass is 10.1. The second kappa shape index (κ2) is 7.60. The third-order valence-corrected chi connectivity index (χ3v) is 3.22. The number of hydrogen-bond acceptors (Lipinski definition) is 5. The molecule has 0 N–H and O–H groups in total. The first-order valence-electron chi connectivity index (χ1n) is 6.78. The van der Waals surface area contributed by atoms with Crippen molar-refractivity contribution in [3.8, 4) is 11.5 Å². The van der Waals surface area contributed by atoms with Gasteiger partial charge in [0.25, 0.3) is 0 Å². The third-order valence-electron chi connectivity index (χ3n) is 2.98. The molecular weight excluding hydrogens is 322 g/mol. The molecule has 0 aliphatic heterocycles. The number of Topliss-reactive ketones (excluding diaryl/α,β-unsaturated/α-hetero) is 1. The number of nitro benzene ring substituents is 1. The van der Waals surface area contributed by atoms with E-state index >= 15 is 0 Å². The lowest BCUT2D eigenvalue weighted by Gasteiger charge is -2.11. The first-order valence-corrected chi connectivity index (χ1v) is 7.16. The number of para-hydroxylation sites is 1. The molecule has 0 radical (unpaired) electrons. The van der Waals surface area contributed by atoms with E-state index in [1.54, 1.807) is 24.3 Å². The molecule has 0 spiro atoms. The zero-order valence-electron chi connectivity index (χ0n) is 12.3. The molecule has 0 aliphatic carbocycles. The highest BCUT2D eigenvalue weighted by Gasteiger charge is 2.15. The monoisotopic (exact) mass is 335 g/mol. The molecule has 6 nitrogen and oxygen atoms in total. The molecule has 0 aliphatic rings. The highest BCUT2D eigenvalue weighted by atomic mass is 35.5. The van der Waals surface area contributed by atoms with Crippen molar-refractivity contribution in [2.75, 3.05) is 13.2 Å². The van der Waals surface area contributed by atoms with Crippen LogP contribution in [0.2, 0.25) is 5.02 Å². The van der Waals surface area contributed by atoms with Gasteiger partial charge in [0.1, 0.15) is 19.0 Å². The van der Waals surface area contributed by atoms with Crippen LogP contribution in [0.25, 0.3) is 0 Å². The van der Waals surface area contributed by atoms with Crippen molar-refractivity contribution in [2.24, 2.45) is 0 Å². The Labute approximate surface area is 137 Å². The first-order chi connectivity index (χ1) is 11.0. The highest BCUT2D eigenvalue weighted by Crippen LogP contribution is 2.29. The number of ketones is 1. The summed E-state index contributed by atoms with van der Waals surface area (Å²) in [4.78, 5) is 21.9. The Morgan fingerprint density at radius 3 is 2.43 bits per heavy atom. The van der Waals surface area contributed by atoms with Crippen molar-refractivity contribution >= 4 is 23.1 Å². The van der Waals surface area contributed by atoms with Gasteiger partial charge in [-0.2, -0.15) is 0 Å². The zero-order valence-corrected chi connectivity index (χ0v) is 13.1. The summed E-state index contributed by atoms with van der Waals surface area (Å²) in [5.74, 6) is 0.465. The summed E-state index contributed by atoms with van der Waals surface area (Å²) < 4.78 is 10.9. The molecule has 2 aromatic rings. The van der Waals surface area contributed by atoms with Crippen LogP contribution in [0.4, 0.5) is 5.69 Å². The van der Waals surface area contributed by atoms with Crippen molar-refractivity contribution in [2.45, 2.75) is 6.92 Å². The minimum atomic E-state index is -0.562. The molecule has 7 heteroatoms. The van der Waals surface area contributed by atoms with Gasteiger partial charge in [-0.05, 0) is 31.2 Å². The van der Waals surface area contributed by atoms with Crippen molar-refractivity contribution in [1.82, 2.24) is 0 Å². The number of benzene rings is 2. The summed E-state index contributed by atoms with van der Waals surface area (Å²) in [6.45, 7) is 1.69. The topological polar surface area (TPSA) is 78.7 Å². The maximum absolute atomic E-state index is 11.5. The number of ether oxygens (including phenoxy) is 2. The van der Waals surface area contributed by atoms with Crippen LogP contribution in [0.1, 0.15) is 17.3 Å². The van der Waals surface area contributed by atoms with Crippen LogP contribution in [0.3, 0.4) is 0 Å². The molecule has 0 saturated carbocycles. The summed E-state index contributed by atoms with van der Waals surface area (Å²) in [6, 6.07) is 11.0. The second-order valence-electron chi connectivity index (χ2n) is 4.62. The molecule has 0 amide bonds. The minimum absolute atomic E-state index is 0.0920. The van der Waals surface area contributed by atoms with Crippen molar-refractivity contribution in [3.05, 3.63) is 63.2 Å². The van der Waals surface area contributed by atoms with E-state index in [9.17, 15) is 14.9 Å². The molecule has 0 atom stereocenters. The van der Waals surface area contributed by atoms with Gasteiger partial charge < -0.3 is 9.47 Å². The van der Waals surface area contributed by atoms with E-state index in [-0.39, 0.29) is 35.5 Å². The van der Waals surface area contributed by atoms with Crippen LogP contribution in [0, 0.1) is 10.1 Å². The van der Waals surface area contributed by atoms with E-state index in [0.717, 1.165) is 0 Å². The molecule has 0 fully saturated rings. The Balaban J connectivity index is 1.97. The molecule has 23 heavy (non-hydrogen) atoms. The standard InChI is InChI=1S/C16H14ClNO5/c1-11(19)13-4-2-3-5-15(13)22-8-9-23-16-7-6-12(17)10-14(16)18(20)21/h2-7,10H,8-9H2,1H3. The SMILES string of the molecule is CC(=O)c1ccccc1OCCOc1ccc(Cl)cc1[N+](=O)[O-]. The third kappa shape index (κ3) is 4.43. The van der Waals surface area contributed by atoms with Gasteiger partial charge in [-0.1, -0.05) is 23.7 Å². The Hall–Kier alpha value is -2.60. The van der Waals surface area contributed by atoms with Crippen LogP contribution in [-0.2, 0) is 0 Å². The fraction of sp³-hybridized carbons (Fsp3) is 0.188. The molecule has 0 bridgehead atoms. The normalized spacial score (nSPS) is 10.2. The average molecular weight is 336 g/mol. The van der Waals surface area contributed by atoms with Gasteiger partial charge in [-0.15, -0.1) is 0 Å². The van der Waals surface area contributed by atoms with E-state index in [4.69, 9.17) is 21.1 Å². The number of nitro groups is 1. The molecule has 0 saturated heterocycles. The van der Waals surface area contributed by atoms with Gasteiger partial charge in [0.05, 0.1) is 10.5 Å². The number of carbonyl (C=O) groups is 1. The molecule has 0 aromatic heterocycles. The van der Waals surface area contributed by atoms with Gasteiger partial charge in [-0.3, -0.25) is 14.9 Å². The predicted octanol–water partition coefficient (Wildman–Crippen LogP) is 3.91. The van der Waals surface area contributed by atoms with Gasteiger partial charge in [-0.25, -0.2) is 0 Å². The summed E-state index contributed by atoms with van der Waals surface area (Å²) in [5.41, 5.74) is 0.270. The number of rotatable bonds is 7. The molecular formula is C16H14ClNO5. The predicted molar refractivity (Wildman–Crippen MR) is 85.5 cm³/mol. The van der Waals surface area contributed by atoms with Crippen molar-refractivity contribution in [3.63, 3.8) is 0 Å².